The summed E-state index contributed by atoms with van der Waals surface area (Å²) in [5.74, 6) is 1.04. The van der Waals surface area contributed by atoms with Crippen molar-refractivity contribution in [2.24, 2.45) is 0 Å². The summed E-state index contributed by atoms with van der Waals surface area (Å²) < 4.78 is 0. The Labute approximate surface area is 82.5 Å². The van der Waals surface area contributed by atoms with Gasteiger partial charge in [0, 0.05) is 18.1 Å². The Balaban J connectivity index is 1.79. The van der Waals surface area contributed by atoms with E-state index >= 15 is 0 Å². The monoisotopic (exact) mass is 192 g/mol. The highest BCUT2D eigenvalue weighted by Gasteiger charge is 2.06. The van der Waals surface area contributed by atoms with Crippen molar-refractivity contribution in [2.75, 3.05) is 5.75 Å². The summed E-state index contributed by atoms with van der Waals surface area (Å²) in [5, 5.41) is 1.01. The van der Waals surface area contributed by atoms with Crippen molar-refractivity contribution >= 4 is 11.8 Å². The van der Waals surface area contributed by atoms with Crippen molar-refractivity contribution in [1.82, 2.24) is 9.97 Å². The lowest BCUT2D eigenvalue weighted by atomic mass is 9.93. The molecule has 1 saturated carbocycles. The number of nitrogens with zero attached hydrogens (tertiary/aromatic N) is 2. The van der Waals surface area contributed by atoms with Crippen LogP contribution >= 0.6 is 11.8 Å². The van der Waals surface area contributed by atoms with Gasteiger partial charge in [-0.3, -0.25) is 4.98 Å². The molecule has 0 aliphatic heterocycles. The van der Waals surface area contributed by atoms with Crippen LogP contribution in [0.1, 0.15) is 19.3 Å². The number of thioether (sulfide) groups is 1. The predicted molar refractivity (Wildman–Crippen MR) is 54.7 cm³/mol. The zero-order valence-corrected chi connectivity index (χ0v) is 8.26. The molecule has 0 spiro atoms. The van der Waals surface area contributed by atoms with Crippen LogP contribution in [0.4, 0.5) is 0 Å². The maximum Gasteiger partial charge on any atom is 0.115 e. The minimum absolute atomic E-state index is 1.01. The minimum Gasteiger partial charge on any atom is -0.260 e. The van der Waals surface area contributed by atoms with Crippen LogP contribution in [0.2, 0.25) is 0 Å². The van der Waals surface area contributed by atoms with Crippen LogP contribution in [-0.4, -0.2) is 15.7 Å². The van der Waals surface area contributed by atoms with Gasteiger partial charge in [0.25, 0.3) is 0 Å². The Morgan fingerprint density at radius 2 is 2.31 bits per heavy atom. The quantitative estimate of drug-likeness (QED) is 0.544. The standard InChI is InChI=1S/C10H12N2S/c1-2-9(3-1)4-7-13-10-8-11-5-6-12-10/h4-6,8H,1-3,7H2. The summed E-state index contributed by atoms with van der Waals surface area (Å²) in [6.07, 6.45) is 11.6. The normalized spacial score (nSPS) is 15.2. The van der Waals surface area contributed by atoms with Gasteiger partial charge in [0.05, 0.1) is 6.20 Å². The highest BCUT2D eigenvalue weighted by atomic mass is 32.2. The van der Waals surface area contributed by atoms with Crippen LogP contribution in [0.15, 0.2) is 35.3 Å². The lowest BCUT2D eigenvalue weighted by Crippen LogP contribution is -1.96. The van der Waals surface area contributed by atoms with E-state index < -0.39 is 0 Å². The topological polar surface area (TPSA) is 25.8 Å². The molecule has 3 heteroatoms. The third-order valence-corrected chi connectivity index (χ3v) is 2.98. The first kappa shape index (κ1) is 8.75. The van der Waals surface area contributed by atoms with Gasteiger partial charge in [-0.1, -0.05) is 11.6 Å². The number of hydrogen-bond acceptors (Lipinski definition) is 3. The molecule has 0 atom stereocenters. The lowest BCUT2D eigenvalue weighted by molar-refractivity contribution is 0.661. The fraction of sp³-hybridized carbons (Fsp3) is 0.400. The smallest absolute Gasteiger partial charge is 0.115 e. The fourth-order valence-corrected chi connectivity index (χ4v) is 1.95. The Hall–Kier alpha value is -0.830. The molecule has 68 valence electrons. The van der Waals surface area contributed by atoms with Gasteiger partial charge in [0.2, 0.25) is 0 Å². The maximum atomic E-state index is 4.19. The second-order valence-corrected chi connectivity index (χ2v) is 4.11. The first-order valence-electron chi connectivity index (χ1n) is 4.52. The molecular formula is C10H12N2S. The molecule has 1 aliphatic rings. The molecule has 1 fully saturated rings. The lowest BCUT2D eigenvalue weighted by Gasteiger charge is -2.15. The number of allylic oxidation sites excluding steroid dienone is 1. The number of hydrogen-bond donors (Lipinski definition) is 0. The maximum absolute atomic E-state index is 4.19. The Kier molecular flexibility index (Phi) is 2.98. The average Bonchev–Trinajstić information content (AvgIpc) is 2.11. The van der Waals surface area contributed by atoms with Crippen LogP contribution < -0.4 is 0 Å². The fourth-order valence-electron chi connectivity index (χ4n) is 1.19. The molecule has 1 aliphatic carbocycles. The molecule has 1 aromatic heterocycles. The van der Waals surface area contributed by atoms with E-state index in [4.69, 9.17) is 0 Å². The van der Waals surface area contributed by atoms with E-state index in [0.29, 0.717) is 0 Å². The molecule has 0 N–H and O–H groups in total. The van der Waals surface area contributed by atoms with Crippen molar-refractivity contribution in [3.05, 3.63) is 30.2 Å². The average molecular weight is 192 g/mol. The summed E-state index contributed by atoms with van der Waals surface area (Å²) in [4.78, 5) is 8.20. The summed E-state index contributed by atoms with van der Waals surface area (Å²) >= 11 is 1.75. The third-order valence-electron chi connectivity index (χ3n) is 2.14. The number of aromatic nitrogens is 2. The van der Waals surface area contributed by atoms with Gasteiger partial charge in [-0.15, -0.1) is 11.8 Å². The second-order valence-electron chi connectivity index (χ2n) is 3.07. The molecule has 0 bridgehead atoms. The van der Waals surface area contributed by atoms with E-state index in [1.807, 2.05) is 6.20 Å². The molecule has 2 rings (SSSR count). The van der Waals surface area contributed by atoms with E-state index in [0.717, 1.165) is 10.8 Å². The van der Waals surface area contributed by atoms with Gasteiger partial charge >= 0.3 is 0 Å². The number of rotatable bonds is 3. The van der Waals surface area contributed by atoms with Crippen molar-refractivity contribution < 1.29 is 0 Å². The highest BCUT2D eigenvalue weighted by Crippen LogP contribution is 2.26. The van der Waals surface area contributed by atoms with E-state index in [1.165, 1.54) is 19.3 Å². The van der Waals surface area contributed by atoms with Crippen molar-refractivity contribution in [2.45, 2.75) is 24.3 Å². The summed E-state index contributed by atoms with van der Waals surface area (Å²) in [6, 6.07) is 0. The van der Waals surface area contributed by atoms with Crippen LogP contribution in [0.3, 0.4) is 0 Å². The van der Waals surface area contributed by atoms with Crippen LogP contribution in [0.5, 0.6) is 0 Å². The highest BCUT2D eigenvalue weighted by molar-refractivity contribution is 7.99. The minimum atomic E-state index is 1.01. The molecule has 0 amide bonds. The van der Waals surface area contributed by atoms with Crippen molar-refractivity contribution in [1.29, 1.82) is 0 Å². The molecule has 1 aromatic rings. The predicted octanol–water partition coefficient (Wildman–Crippen LogP) is 2.68. The molecular weight excluding hydrogens is 180 g/mol. The summed E-state index contributed by atoms with van der Waals surface area (Å²) in [6.45, 7) is 0. The summed E-state index contributed by atoms with van der Waals surface area (Å²) in [5.41, 5.74) is 1.61. The first-order chi connectivity index (χ1) is 6.45. The van der Waals surface area contributed by atoms with Gasteiger partial charge in [0.15, 0.2) is 0 Å². The van der Waals surface area contributed by atoms with Gasteiger partial charge in [0.1, 0.15) is 5.03 Å². The zero-order valence-electron chi connectivity index (χ0n) is 7.44. The van der Waals surface area contributed by atoms with Gasteiger partial charge in [-0.05, 0) is 19.3 Å². The largest absolute Gasteiger partial charge is 0.260 e. The van der Waals surface area contributed by atoms with Crippen LogP contribution in [0, 0.1) is 0 Å². The van der Waals surface area contributed by atoms with Crippen molar-refractivity contribution in [3.63, 3.8) is 0 Å². The van der Waals surface area contributed by atoms with E-state index in [2.05, 4.69) is 16.0 Å². The van der Waals surface area contributed by atoms with Gasteiger partial charge in [-0.25, -0.2) is 4.98 Å². The molecule has 0 aromatic carbocycles. The van der Waals surface area contributed by atoms with Crippen LogP contribution in [0.25, 0.3) is 0 Å². The second kappa shape index (κ2) is 4.42. The molecule has 0 saturated heterocycles. The Morgan fingerprint density at radius 3 is 2.92 bits per heavy atom. The third kappa shape index (κ3) is 2.56. The molecule has 2 nitrogen and oxygen atoms in total. The Bertz CT molecular complexity index is 289. The Morgan fingerprint density at radius 1 is 1.38 bits per heavy atom. The van der Waals surface area contributed by atoms with Gasteiger partial charge in [-0.2, -0.15) is 0 Å². The molecule has 0 unspecified atom stereocenters. The van der Waals surface area contributed by atoms with E-state index in [9.17, 15) is 0 Å². The first-order valence-corrected chi connectivity index (χ1v) is 5.50. The van der Waals surface area contributed by atoms with E-state index in [1.54, 1.807) is 29.7 Å². The molecule has 1 heterocycles. The van der Waals surface area contributed by atoms with Crippen LogP contribution in [-0.2, 0) is 0 Å². The zero-order chi connectivity index (χ0) is 8.93. The molecule has 0 radical (unpaired) electrons. The summed E-state index contributed by atoms with van der Waals surface area (Å²) in [7, 11) is 0. The van der Waals surface area contributed by atoms with Gasteiger partial charge < -0.3 is 0 Å². The van der Waals surface area contributed by atoms with E-state index in [-0.39, 0.29) is 0 Å². The SMILES string of the molecule is C(CSc1cnccn1)=C1CCC1. The van der Waals surface area contributed by atoms with Crippen molar-refractivity contribution in [3.8, 4) is 0 Å². The molecule has 13 heavy (non-hydrogen) atoms.